The highest BCUT2D eigenvalue weighted by Crippen LogP contribution is 2.07. The smallest absolute Gasteiger partial charge is 0.138 e. The largest absolute Gasteiger partial charge is 0.368 e. The second kappa shape index (κ2) is 7.41. The monoisotopic (exact) mass is 403 g/mol. The first-order chi connectivity index (χ1) is 9.61. The number of aromatic nitrogens is 1. The van der Waals surface area contributed by atoms with Gasteiger partial charge in [-0.15, -0.1) is 0 Å². The Morgan fingerprint density at radius 1 is 1.40 bits per heavy atom. The summed E-state index contributed by atoms with van der Waals surface area (Å²) < 4.78 is 1.02. The van der Waals surface area contributed by atoms with Gasteiger partial charge >= 0.3 is 0 Å². The van der Waals surface area contributed by atoms with Crippen LogP contribution in [0.1, 0.15) is 39.5 Å². The van der Waals surface area contributed by atoms with Gasteiger partial charge in [-0.25, -0.2) is 9.98 Å². The second-order valence-corrected chi connectivity index (χ2v) is 6.50. The van der Waals surface area contributed by atoms with Gasteiger partial charge in [0.2, 0.25) is 0 Å². The molecular weight excluding hydrogens is 385 g/mol. The molecule has 0 aromatic carbocycles. The van der Waals surface area contributed by atoms with Gasteiger partial charge in [-0.3, -0.25) is 0 Å². The lowest BCUT2D eigenvalue weighted by atomic mass is 10.2. The molecule has 0 aliphatic carbocycles. The normalized spacial score (nSPS) is 17.6. The molecular formula is C15H19ClIN3. The van der Waals surface area contributed by atoms with Gasteiger partial charge in [0.25, 0.3) is 0 Å². The van der Waals surface area contributed by atoms with E-state index in [0.29, 0.717) is 11.2 Å². The van der Waals surface area contributed by atoms with E-state index in [2.05, 4.69) is 58.9 Å². The molecule has 1 N–H and O–H groups in total. The van der Waals surface area contributed by atoms with Crippen molar-refractivity contribution in [3.8, 4) is 0 Å². The number of allylic oxidation sites excluding steroid dienone is 1. The molecule has 1 aromatic rings. The third-order valence-corrected chi connectivity index (χ3v) is 4.29. The lowest BCUT2D eigenvalue weighted by Crippen LogP contribution is -2.33. The highest BCUT2D eigenvalue weighted by molar-refractivity contribution is 14.1. The fraction of sp³-hybridized carbons (Fsp3) is 0.467. The van der Waals surface area contributed by atoms with Crippen molar-refractivity contribution in [2.24, 2.45) is 4.99 Å². The minimum atomic E-state index is 0.428. The SMILES string of the molecule is CCCC(C)NC1=CCC/C=c2/c(Cl)ncc(I)c2=N1. The number of fused-ring (bicyclic) bond motifs is 1. The van der Waals surface area contributed by atoms with Crippen LogP contribution in [0.25, 0.3) is 6.08 Å². The Bertz CT molecular complexity index is 625. The van der Waals surface area contributed by atoms with Gasteiger partial charge in [-0.1, -0.05) is 31.0 Å². The van der Waals surface area contributed by atoms with Crippen LogP contribution < -0.4 is 15.9 Å². The fourth-order valence-corrected chi connectivity index (χ4v) is 2.99. The summed E-state index contributed by atoms with van der Waals surface area (Å²) in [6, 6.07) is 0.428. The van der Waals surface area contributed by atoms with Crippen molar-refractivity contribution in [3.05, 3.63) is 37.4 Å². The molecule has 0 fully saturated rings. The van der Waals surface area contributed by atoms with Crippen molar-refractivity contribution in [1.82, 2.24) is 10.3 Å². The zero-order valence-electron chi connectivity index (χ0n) is 11.8. The Hall–Kier alpha value is -0.620. The van der Waals surface area contributed by atoms with Crippen LogP contribution in [0.2, 0.25) is 5.15 Å². The first-order valence-electron chi connectivity index (χ1n) is 6.97. The maximum atomic E-state index is 6.20. The molecule has 5 heteroatoms. The Morgan fingerprint density at radius 3 is 2.90 bits per heavy atom. The highest BCUT2D eigenvalue weighted by Gasteiger charge is 2.07. The van der Waals surface area contributed by atoms with Gasteiger partial charge in [-0.2, -0.15) is 0 Å². The quantitative estimate of drug-likeness (QED) is 0.619. The number of pyridine rings is 1. The summed E-state index contributed by atoms with van der Waals surface area (Å²) in [7, 11) is 0. The molecule has 0 bridgehead atoms. The summed E-state index contributed by atoms with van der Waals surface area (Å²) >= 11 is 8.46. The molecule has 1 unspecified atom stereocenters. The predicted molar refractivity (Wildman–Crippen MR) is 92.0 cm³/mol. The Labute approximate surface area is 138 Å². The van der Waals surface area contributed by atoms with Crippen molar-refractivity contribution < 1.29 is 0 Å². The van der Waals surface area contributed by atoms with E-state index in [1.165, 1.54) is 6.42 Å². The summed E-state index contributed by atoms with van der Waals surface area (Å²) in [5.74, 6) is 0.945. The third-order valence-electron chi connectivity index (χ3n) is 3.20. The van der Waals surface area contributed by atoms with Gasteiger partial charge in [0.1, 0.15) is 11.0 Å². The van der Waals surface area contributed by atoms with E-state index >= 15 is 0 Å². The van der Waals surface area contributed by atoms with Crippen LogP contribution in [-0.2, 0) is 0 Å². The van der Waals surface area contributed by atoms with E-state index in [0.717, 1.165) is 39.2 Å². The molecule has 2 heterocycles. The highest BCUT2D eigenvalue weighted by atomic mass is 127. The molecule has 1 aliphatic heterocycles. The van der Waals surface area contributed by atoms with Crippen LogP contribution in [0, 0.1) is 3.57 Å². The first kappa shape index (κ1) is 15.8. The summed E-state index contributed by atoms with van der Waals surface area (Å²) in [6.45, 7) is 4.39. The number of nitrogens with one attached hydrogen (secondary N) is 1. The second-order valence-electron chi connectivity index (χ2n) is 4.98. The molecule has 1 aromatic heterocycles. The minimum Gasteiger partial charge on any atom is -0.368 e. The average molecular weight is 404 g/mol. The van der Waals surface area contributed by atoms with E-state index in [-0.39, 0.29) is 0 Å². The van der Waals surface area contributed by atoms with Gasteiger partial charge < -0.3 is 5.32 Å². The van der Waals surface area contributed by atoms with Crippen molar-refractivity contribution in [3.63, 3.8) is 0 Å². The summed E-state index contributed by atoms with van der Waals surface area (Å²) in [6.07, 6.45) is 10.3. The Balaban J connectivity index is 2.44. The average Bonchev–Trinajstić information content (AvgIpc) is 2.37. The third kappa shape index (κ3) is 3.95. The van der Waals surface area contributed by atoms with Crippen LogP contribution in [0.4, 0.5) is 0 Å². The molecule has 20 heavy (non-hydrogen) atoms. The zero-order valence-corrected chi connectivity index (χ0v) is 14.7. The van der Waals surface area contributed by atoms with E-state index in [9.17, 15) is 0 Å². The zero-order chi connectivity index (χ0) is 14.5. The van der Waals surface area contributed by atoms with Crippen LogP contribution in [-0.4, -0.2) is 11.0 Å². The summed E-state index contributed by atoms with van der Waals surface area (Å²) in [5, 5.41) is 5.90. The van der Waals surface area contributed by atoms with E-state index in [4.69, 9.17) is 16.6 Å². The first-order valence-corrected chi connectivity index (χ1v) is 8.43. The lowest BCUT2D eigenvalue weighted by Gasteiger charge is -2.15. The number of hydrogen-bond acceptors (Lipinski definition) is 3. The molecule has 0 radical (unpaired) electrons. The lowest BCUT2D eigenvalue weighted by molar-refractivity contribution is 0.553. The molecule has 108 valence electrons. The van der Waals surface area contributed by atoms with Crippen molar-refractivity contribution in [1.29, 1.82) is 0 Å². The van der Waals surface area contributed by atoms with Crippen molar-refractivity contribution in [2.45, 2.75) is 45.6 Å². The van der Waals surface area contributed by atoms with E-state index < -0.39 is 0 Å². The van der Waals surface area contributed by atoms with Crippen LogP contribution in [0.15, 0.2) is 23.1 Å². The molecule has 1 aliphatic rings. The van der Waals surface area contributed by atoms with Crippen LogP contribution >= 0.6 is 34.2 Å². The molecule has 3 nitrogen and oxygen atoms in total. The van der Waals surface area contributed by atoms with Crippen molar-refractivity contribution in [2.75, 3.05) is 0 Å². The molecule has 1 atom stereocenters. The minimum absolute atomic E-state index is 0.428. The summed E-state index contributed by atoms with van der Waals surface area (Å²) in [5.41, 5.74) is 0. The Morgan fingerprint density at radius 2 is 2.15 bits per heavy atom. The van der Waals surface area contributed by atoms with E-state index in [1.54, 1.807) is 6.20 Å². The standard InChI is InChI=1S/C15H19ClIN3/c1-3-6-10(2)19-13-8-5-4-7-11-14(20-13)12(17)9-18-15(11)16/h7-10,19H,3-6H2,1-2H3/b11-7+,13-8?,20-14?. The predicted octanol–water partition coefficient (Wildman–Crippen LogP) is 3.15. The maximum Gasteiger partial charge on any atom is 0.138 e. The van der Waals surface area contributed by atoms with Crippen molar-refractivity contribution >= 4 is 40.3 Å². The van der Waals surface area contributed by atoms with Gasteiger partial charge in [-0.05, 0) is 54.9 Å². The molecule has 2 rings (SSSR count). The topological polar surface area (TPSA) is 37.3 Å². The van der Waals surface area contributed by atoms with Gasteiger partial charge in [0.05, 0.1) is 8.93 Å². The van der Waals surface area contributed by atoms with Gasteiger partial charge in [0, 0.05) is 17.5 Å². The maximum absolute atomic E-state index is 6.20. The number of hydrogen-bond donors (Lipinski definition) is 1. The van der Waals surface area contributed by atoms with Crippen LogP contribution in [0.3, 0.4) is 0 Å². The van der Waals surface area contributed by atoms with Crippen LogP contribution in [0.5, 0.6) is 0 Å². The molecule has 0 amide bonds. The summed E-state index contributed by atoms with van der Waals surface area (Å²) in [4.78, 5) is 8.98. The number of nitrogens with zero attached hydrogens (tertiary/aromatic N) is 2. The Kier molecular flexibility index (Phi) is 5.84. The molecule has 0 saturated heterocycles. The number of rotatable bonds is 4. The van der Waals surface area contributed by atoms with E-state index in [1.807, 2.05) is 0 Å². The molecule has 0 spiro atoms. The van der Waals surface area contributed by atoms with Gasteiger partial charge in [0.15, 0.2) is 0 Å². The molecule has 0 saturated carbocycles. The fourth-order valence-electron chi connectivity index (χ4n) is 2.23. The number of halogens is 2.